The van der Waals surface area contributed by atoms with Crippen molar-refractivity contribution in [3.63, 3.8) is 0 Å². The number of benzene rings is 1. The van der Waals surface area contributed by atoms with Crippen LogP contribution in [0.2, 0.25) is 0 Å². The largest absolute Gasteiger partial charge is 0.433 e. The molecule has 0 radical (unpaired) electrons. The van der Waals surface area contributed by atoms with Gasteiger partial charge < -0.3 is 11.1 Å². The molecule has 2 aromatic rings. The third-order valence-electron chi connectivity index (χ3n) is 4.68. The molecule has 27 heavy (non-hydrogen) atoms. The highest BCUT2D eigenvalue weighted by atomic mass is 32.2. The number of rotatable bonds is 3. The SMILES string of the molecule is Cc1ccc(N2CCCCC2(C)C)c(Sc2nccc(C(F)(F)F)n2)c1.N. The molecule has 1 aromatic heterocycles. The number of halogens is 3. The fourth-order valence-corrected chi connectivity index (χ4v) is 4.27. The molecule has 2 heterocycles. The minimum Gasteiger partial charge on any atom is -0.365 e. The first-order chi connectivity index (χ1) is 12.2. The number of hydrogen-bond acceptors (Lipinski definition) is 5. The summed E-state index contributed by atoms with van der Waals surface area (Å²) >= 11 is 1.19. The zero-order valence-electron chi connectivity index (χ0n) is 15.8. The highest BCUT2D eigenvalue weighted by Gasteiger charge is 2.34. The Kier molecular flexibility index (Phi) is 6.42. The lowest BCUT2D eigenvalue weighted by molar-refractivity contribution is -0.141. The minimum atomic E-state index is -4.47. The quantitative estimate of drug-likeness (QED) is 0.654. The van der Waals surface area contributed by atoms with Gasteiger partial charge in [0.1, 0.15) is 5.69 Å². The average molecular weight is 398 g/mol. The molecule has 0 spiro atoms. The lowest BCUT2D eigenvalue weighted by Gasteiger charge is -2.45. The minimum absolute atomic E-state index is 0. The summed E-state index contributed by atoms with van der Waals surface area (Å²) in [5.74, 6) is 0. The van der Waals surface area contributed by atoms with Crippen LogP contribution in [0, 0.1) is 6.92 Å². The zero-order valence-corrected chi connectivity index (χ0v) is 16.6. The zero-order chi connectivity index (χ0) is 18.9. The number of piperidine rings is 1. The monoisotopic (exact) mass is 398 g/mol. The van der Waals surface area contributed by atoms with E-state index < -0.39 is 11.9 Å². The van der Waals surface area contributed by atoms with Gasteiger partial charge in [-0.2, -0.15) is 13.2 Å². The van der Waals surface area contributed by atoms with Crippen molar-refractivity contribution < 1.29 is 13.2 Å². The van der Waals surface area contributed by atoms with Gasteiger partial charge in [-0.1, -0.05) is 6.07 Å². The second kappa shape index (κ2) is 8.06. The van der Waals surface area contributed by atoms with Gasteiger partial charge in [-0.25, -0.2) is 9.97 Å². The molecule has 0 aliphatic carbocycles. The lowest BCUT2D eigenvalue weighted by Crippen LogP contribution is -2.47. The maximum absolute atomic E-state index is 12.9. The van der Waals surface area contributed by atoms with Crippen molar-refractivity contribution >= 4 is 17.4 Å². The van der Waals surface area contributed by atoms with Crippen LogP contribution >= 0.6 is 11.8 Å². The molecule has 3 rings (SSSR count). The van der Waals surface area contributed by atoms with Gasteiger partial charge in [0.05, 0.1) is 5.69 Å². The average Bonchev–Trinajstić information content (AvgIpc) is 2.55. The van der Waals surface area contributed by atoms with E-state index >= 15 is 0 Å². The van der Waals surface area contributed by atoms with Crippen LogP contribution < -0.4 is 11.1 Å². The molecule has 1 fully saturated rings. The van der Waals surface area contributed by atoms with E-state index in [0.717, 1.165) is 41.6 Å². The summed E-state index contributed by atoms with van der Waals surface area (Å²) in [6.45, 7) is 7.33. The molecule has 8 heteroatoms. The molecule has 3 N–H and O–H groups in total. The van der Waals surface area contributed by atoms with Gasteiger partial charge in [-0.15, -0.1) is 0 Å². The summed E-state index contributed by atoms with van der Waals surface area (Å²) in [7, 11) is 0. The molecule has 148 valence electrons. The van der Waals surface area contributed by atoms with Gasteiger partial charge in [0, 0.05) is 23.2 Å². The van der Waals surface area contributed by atoms with Crippen molar-refractivity contribution in [2.75, 3.05) is 11.4 Å². The van der Waals surface area contributed by atoms with Crippen molar-refractivity contribution in [1.82, 2.24) is 16.1 Å². The Balaban J connectivity index is 0.00000261. The third kappa shape index (κ3) is 4.93. The molecule has 1 aliphatic heterocycles. The highest BCUT2D eigenvalue weighted by Crippen LogP contribution is 2.41. The maximum Gasteiger partial charge on any atom is 0.433 e. The van der Waals surface area contributed by atoms with Crippen molar-refractivity contribution in [2.24, 2.45) is 0 Å². The molecule has 0 unspecified atom stereocenters. The van der Waals surface area contributed by atoms with Crippen LogP contribution in [0.25, 0.3) is 0 Å². The molecule has 1 aromatic carbocycles. The Bertz CT molecular complexity index is 793. The highest BCUT2D eigenvalue weighted by molar-refractivity contribution is 7.99. The van der Waals surface area contributed by atoms with Crippen LogP contribution in [0.5, 0.6) is 0 Å². The van der Waals surface area contributed by atoms with E-state index in [2.05, 4.69) is 34.8 Å². The lowest BCUT2D eigenvalue weighted by atomic mass is 9.90. The maximum atomic E-state index is 12.9. The summed E-state index contributed by atoms with van der Waals surface area (Å²) in [4.78, 5) is 11.0. The first-order valence-electron chi connectivity index (χ1n) is 8.63. The number of hydrogen-bond donors (Lipinski definition) is 1. The molecule has 0 amide bonds. The molecule has 4 nitrogen and oxygen atoms in total. The van der Waals surface area contributed by atoms with Crippen LogP contribution in [0.15, 0.2) is 40.5 Å². The Morgan fingerprint density at radius 2 is 1.89 bits per heavy atom. The topological polar surface area (TPSA) is 64.0 Å². The molecular weight excluding hydrogens is 373 g/mol. The Hall–Kier alpha value is -1.80. The molecule has 1 aliphatic rings. The van der Waals surface area contributed by atoms with Gasteiger partial charge in [0.25, 0.3) is 0 Å². The van der Waals surface area contributed by atoms with E-state index in [1.807, 2.05) is 19.1 Å². The van der Waals surface area contributed by atoms with Crippen molar-refractivity contribution in [3.8, 4) is 0 Å². The van der Waals surface area contributed by atoms with Crippen LogP contribution in [0.1, 0.15) is 44.4 Å². The number of aromatic nitrogens is 2. The fourth-order valence-electron chi connectivity index (χ4n) is 3.28. The summed E-state index contributed by atoms with van der Waals surface area (Å²) in [6, 6.07) is 6.98. The molecular formula is C19H25F3N4S. The smallest absolute Gasteiger partial charge is 0.365 e. The second-order valence-electron chi connectivity index (χ2n) is 7.22. The fraction of sp³-hybridized carbons (Fsp3) is 0.474. The molecule has 0 atom stereocenters. The van der Waals surface area contributed by atoms with Crippen LogP contribution in [0.4, 0.5) is 18.9 Å². The van der Waals surface area contributed by atoms with Gasteiger partial charge in [-0.05, 0) is 75.6 Å². The standard InChI is InChI=1S/C19H22F3N3S.H3N/c1-13-6-7-14(25-11-5-4-9-18(25,2)3)15(12-13)26-17-23-10-8-16(24-17)19(20,21)22;/h6-8,10,12H,4-5,9,11H2,1-3H3;1H3. The summed E-state index contributed by atoms with van der Waals surface area (Å²) in [6.07, 6.45) is 0.0854. The van der Waals surface area contributed by atoms with Gasteiger partial charge in [-0.3, -0.25) is 0 Å². The predicted molar refractivity (Wildman–Crippen MR) is 103 cm³/mol. The third-order valence-corrected chi connectivity index (χ3v) is 5.61. The van der Waals surface area contributed by atoms with E-state index in [1.165, 1.54) is 24.4 Å². The first kappa shape index (κ1) is 21.5. The molecule has 0 bridgehead atoms. The van der Waals surface area contributed by atoms with E-state index in [0.29, 0.717) is 0 Å². The van der Waals surface area contributed by atoms with E-state index in [-0.39, 0.29) is 16.8 Å². The normalized spacial score (nSPS) is 16.7. The van der Waals surface area contributed by atoms with Crippen LogP contribution in [-0.4, -0.2) is 22.1 Å². The first-order valence-corrected chi connectivity index (χ1v) is 9.45. The Morgan fingerprint density at radius 1 is 1.15 bits per heavy atom. The molecule has 0 saturated carbocycles. The second-order valence-corrected chi connectivity index (χ2v) is 8.23. The van der Waals surface area contributed by atoms with Crippen molar-refractivity contribution in [1.29, 1.82) is 0 Å². The van der Waals surface area contributed by atoms with Crippen molar-refractivity contribution in [3.05, 3.63) is 41.7 Å². The van der Waals surface area contributed by atoms with Crippen molar-refractivity contribution in [2.45, 2.75) is 61.8 Å². The van der Waals surface area contributed by atoms with Gasteiger partial charge in [0.15, 0.2) is 5.16 Å². The summed E-state index contributed by atoms with van der Waals surface area (Å²) in [5.41, 5.74) is 1.18. The number of alkyl halides is 3. The van der Waals surface area contributed by atoms with E-state index in [1.54, 1.807) is 0 Å². The number of nitrogens with zero attached hydrogens (tertiary/aromatic N) is 3. The number of aryl methyl sites for hydroxylation is 1. The van der Waals surface area contributed by atoms with Gasteiger partial charge >= 0.3 is 6.18 Å². The van der Waals surface area contributed by atoms with E-state index in [9.17, 15) is 13.2 Å². The summed E-state index contributed by atoms with van der Waals surface area (Å²) < 4.78 is 38.8. The summed E-state index contributed by atoms with van der Waals surface area (Å²) in [5, 5.41) is 0.112. The predicted octanol–water partition coefficient (Wildman–Crippen LogP) is 5.89. The Labute approximate surface area is 162 Å². The van der Waals surface area contributed by atoms with E-state index in [4.69, 9.17) is 0 Å². The Morgan fingerprint density at radius 3 is 2.56 bits per heavy atom. The molecule has 1 saturated heterocycles. The van der Waals surface area contributed by atoms with Crippen LogP contribution in [-0.2, 0) is 6.18 Å². The number of anilines is 1. The van der Waals surface area contributed by atoms with Crippen LogP contribution in [0.3, 0.4) is 0 Å². The van der Waals surface area contributed by atoms with Gasteiger partial charge in [0.2, 0.25) is 0 Å².